The van der Waals surface area contributed by atoms with Crippen LogP contribution >= 0.6 is 27.5 Å². The summed E-state index contributed by atoms with van der Waals surface area (Å²) in [5.74, 6) is 2.19. The van der Waals surface area contributed by atoms with Crippen molar-refractivity contribution in [2.24, 2.45) is 0 Å². The van der Waals surface area contributed by atoms with Crippen LogP contribution in [0.4, 0.5) is 11.5 Å². The van der Waals surface area contributed by atoms with Crippen molar-refractivity contribution >= 4 is 55.7 Å². The summed E-state index contributed by atoms with van der Waals surface area (Å²) in [6, 6.07) is 11.8. The first-order valence-electron chi connectivity index (χ1n) is 8.20. The molecule has 0 N–H and O–H groups in total. The third kappa shape index (κ3) is 2.42. The molecule has 2 aromatic carbocycles. The van der Waals surface area contributed by atoms with Crippen LogP contribution in [0.3, 0.4) is 0 Å². The number of anilines is 2. The fourth-order valence-corrected chi connectivity index (χ4v) is 3.96. The Kier molecular flexibility index (Phi) is 3.72. The molecule has 3 heterocycles. The van der Waals surface area contributed by atoms with E-state index in [0.717, 1.165) is 45.6 Å². The van der Waals surface area contributed by atoms with Crippen LogP contribution < -0.4 is 9.64 Å². The first-order valence-corrected chi connectivity index (χ1v) is 9.37. The monoisotopic (exact) mass is 429 g/mol. The van der Waals surface area contributed by atoms with E-state index < -0.39 is 0 Å². The molecular weight excluding hydrogens is 418 g/mol. The van der Waals surface area contributed by atoms with Gasteiger partial charge in [-0.3, -0.25) is 4.40 Å². The highest BCUT2D eigenvalue weighted by atomic mass is 79.9. The van der Waals surface area contributed by atoms with Gasteiger partial charge in [0.25, 0.3) is 5.78 Å². The molecule has 0 saturated carbocycles. The van der Waals surface area contributed by atoms with Gasteiger partial charge >= 0.3 is 0 Å². The number of halogens is 2. The summed E-state index contributed by atoms with van der Waals surface area (Å²) < 4.78 is 8.74. The molecule has 1 aliphatic rings. The van der Waals surface area contributed by atoms with Crippen molar-refractivity contribution in [3.8, 4) is 5.75 Å². The van der Waals surface area contributed by atoms with E-state index in [-0.39, 0.29) is 0 Å². The molecule has 0 amide bonds. The number of hydrogen-bond acceptors (Lipinski definition) is 5. The maximum absolute atomic E-state index is 6.24. The van der Waals surface area contributed by atoms with Crippen LogP contribution in [-0.4, -0.2) is 32.7 Å². The average Bonchev–Trinajstić information content (AvgIpc) is 3.01. The van der Waals surface area contributed by atoms with E-state index >= 15 is 0 Å². The minimum atomic E-state index is 0.538. The molecule has 130 valence electrons. The van der Waals surface area contributed by atoms with Crippen LogP contribution in [-0.2, 0) is 0 Å². The summed E-state index contributed by atoms with van der Waals surface area (Å²) >= 11 is 9.83. The molecule has 0 radical (unpaired) electrons. The minimum absolute atomic E-state index is 0.538. The van der Waals surface area contributed by atoms with Crippen LogP contribution in [0.2, 0.25) is 5.02 Å². The van der Waals surface area contributed by atoms with Crippen LogP contribution in [0, 0.1) is 0 Å². The zero-order valence-corrected chi connectivity index (χ0v) is 15.9. The highest BCUT2D eigenvalue weighted by Crippen LogP contribution is 2.42. The van der Waals surface area contributed by atoms with Crippen molar-refractivity contribution in [2.75, 3.05) is 18.1 Å². The second-order valence-electron chi connectivity index (χ2n) is 6.04. The standard InChI is InChI=1S/C18H13BrClN5O/c19-13-3-1-4-14-16(13)26-8-2-7-24(14)17-12-6-5-11(20)9-15(12)25-10-21-23-18(25)22-17/h1,3-6,9-10H,2,7-8H2. The third-order valence-electron chi connectivity index (χ3n) is 4.46. The summed E-state index contributed by atoms with van der Waals surface area (Å²) in [7, 11) is 0. The minimum Gasteiger partial charge on any atom is -0.490 e. The number of para-hydroxylation sites is 1. The van der Waals surface area contributed by atoms with E-state index in [9.17, 15) is 0 Å². The number of rotatable bonds is 1. The number of fused-ring (bicyclic) bond motifs is 4. The summed E-state index contributed by atoms with van der Waals surface area (Å²) in [5.41, 5.74) is 1.90. The Morgan fingerprint density at radius 1 is 1.19 bits per heavy atom. The summed E-state index contributed by atoms with van der Waals surface area (Å²) in [4.78, 5) is 6.97. The second-order valence-corrected chi connectivity index (χ2v) is 7.33. The molecule has 1 aliphatic heterocycles. The van der Waals surface area contributed by atoms with Crippen molar-refractivity contribution in [2.45, 2.75) is 6.42 Å². The molecule has 0 aliphatic carbocycles. The van der Waals surface area contributed by atoms with Crippen LogP contribution in [0.15, 0.2) is 47.2 Å². The molecule has 26 heavy (non-hydrogen) atoms. The van der Waals surface area contributed by atoms with Gasteiger partial charge in [0.15, 0.2) is 5.75 Å². The van der Waals surface area contributed by atoms with Crippen molar-refractivity contribution in [3.05, 3.63) is 52.2 Å². The molecule has 2 aromatic heterocycles. The molecule has 6 nitrogen and oxygen atoms in total. The fraction of sp³-hybridized carbons (Fsp3) is 0.167. The Bertz CT molecular complexity index is 1150. The van der Waals surface area contributed by atoms with Gasteiger partial charge in [-0.25, -0.2) is 0 Å². The van der Waals surface area contributed by atoms with Gasteiger partial charge in [-0.2, -0.15) is 4.98 Å². The summed E-state index contributed by atoms with van der Waals surface area (Å²) in [6.45, 7) is 1.45. The second kappa shape index (κ2) is 6.10. The van der Waals surface area contributed by atoms with Crippen LogP contribution in [0.25, 0.3) is 16.7 Å². The fourth-order valence-electron chi connectivity index (χ4n) is 3.32. The van der Waals surface area contributed by atoms with E-state index in [1.807, 2.05) is 40.8 Å². The third-order valence-corrected chi connectivity index (χ3v) is 5.32. The molecule has 4 aromatic rings. The lowest BCUT2D eigenvalue weighted by Gasteiger charge is -2.24. The van der Waals surface area contributed by atoms with Gasteiger partial charge in [-0.05, 0) is 52.7 Å². The highest BCUT2D eigenvalue weighted by Gasteiger charge is 2.23. The van der Waals surface area contributed by atoms with E-state index in [1.165, 1.54) is 0 Å². The topological polar surface area (TPSA) is 55.5 Å². The van der Waals surface area contributed by atoms with E-state index in [2.05, 4.69) is 31.0 Å². The predicted octanol–water partition coefficient (Wildman–Crippen LogP) is 4.61. The number of benzene rings is 2. The highest BCUT2D eigenvalue weighted by molar-refractivity contribution is 9.10. The Balaban J connectivity index is 1.83. The van der Waals surface area contributed by atoms with Gasteiger partial charge in [0.1, 0.15) is 12.1 Å². The van der Waals surface area contributed by atoms with E-state index in [0.29, 0.717) is 17.4 Å². The van der Waals surface area contributed by atoms with E-state index in [4.69, 9.17) is 21.3 Å². The van der Waals surface area contributed by atoms with Crippen molar-refractivity contribution in [1.82, 2.24) is 19.6 Å². The summed E-state index contributed by atoms with van der Waals surface area (Å²) in [5, 5.41) is 9.78. The van der Waals surface area contributed by atoms with Crippen LogP contribution in [0.5, 0.6) is 5.75 Å². The molecule has 0 spiro atoms. The molecule has 0 unspecified atom stereocenters. The molecule has 5 rings (SSSR count). The maximum atomic E-state index is 6.24. The Morgan fingerprint density at radius 3 is 3.04 bits per heavy atom. The first kappa shape index (κ1) is 15.8. The molecule has 8 heteroatoms. The molecule has 0 atom stereocenters. The van der Waals surface area contributed by atoms with Gasteiger partial charge in [0.05, 0.1) is 22.3 Å². The van der Waals surface area contributed by atoms with Crippen LogP contribution in [0.1, 0.15) is 6.42 Å². The van der Waals surface area contributed by atoms with Crippen molar-refractivity contribution in [3.63, 3.8) is 0 Å². The number of ether oxygens (including phenoxy) is 1. The lowest BCUT2D eigenvalue weighted by Crippen LogP contribution is -2.20. The lowest BCUT2D eigenvalue weighted by atomic mass is 10.2. The normalized spacial score (nSPS) is 14.3. The van der Waals surface area contributed by atoms with Gasteiger partial charge < -0.3 is 9.64 Å². The van der Waals surface area contributed by atoms with E-state index in [1.54, 1.807) is 6.33 Å². The molecule has 0 bridgehead atoms. The molecule has 0 saturated heterocycles. The zero-order valence-electron chi connectivity index (χ0n) is 13.6. The Hall–Kier alpha value is -2.38. The largest absolute Gasteiger partial charge is 0.490 e. The van der Waals surface area contributed by atoms with Crippen molar-refractivity contribution in [1.29, 1.82) is 0 Å². The average molecular weight is 431 g/mol. The predicted molar refractivity (Wildman–Crippen MR) is 105 cm³/mol. The van der Waals surface area contributed by atoms with Gasteiger partial charge in [0, 0.05) is 17.0 Å². The molecular formula is C18H13BrClN5O. The number of aromatic nitrogens is 4. The number of hydrogen-bond donors (Lipinski definition) is 0. The van der Waals surface area contributed by atoms with Gasteiger partial charge in [0.2, 0.25) is 0 Å². The Labute approximate surface area is 162 Å². The quantitative estimate of drug-likeness (QED) is 0.441. The zero-order chi connectivity index (χ0) is 17.7. The van der Waals surface area contributed by atoms with Gasteiger partial charge in [-0.15, -0.1) is 10.2 Å². The first-order chi connectivity index (χ1) is 12.7. The SMILES string of the molecule is Clc1ccc2c(N3CCCOc4c(Br)cccc43)nc3nncn3c2c1. The Morgan fingerprint density at radius 2 is 2.12 bits per heavy atom. The summed E-state index contributed by atoms with van der Waals surface area (Å²) in [6.07, 6.45) is 2.54. The molecule has 0 fully saturated rings. The van der Waals surface area contributed by atoms with Crippen molar-refractivity contribution < 1.29 is 4.74 Å². The smallest absolute Gasteiger partial charge is 0.257 e. The number of nitrogens with zero attached hydrogens (tertiary/aromatic N) is 5. The maximum Gasteiger partial charge on any atom is 0.257 e. The lowest BCUT2D eigenvalue weighted by molar-refractivity contribution is 0.321. The van der Waals surface area contributed by atoms with Gasteiger partial charge in [-0.1, -0.05) is 17.7 Å².